The van der Waals surface area contributed by atoms with Crippen molar-refractivity contribution in [2.24, 2.45) is 0 Å². The smallest absolute Gasteiger partial charge is 0.259 e. The minimum Gasteiger partial charge on any atom is -0.493 e. The van der Waals surface area contributed by atoms with Crippen molar-refractivity contribution < 1.29 is 14.3 Å². The van der Waals surface area contributed by atoms with Crippen LogP contribution < -0.4 is 15.0 Å². The van der Waals surface area contributed by atoms with E-state index in [1.165, 1.54) is 11.8 Å². The highest BCUT2D eigenvalue weighted by Crippen LogP contribution is 2.42. The third-order valence-corrected chi connectivity index (χ3v) is 5.96. The average molecular weight is 419 g/mol. The minimum atomic E-state index is -0.235. The molecule has 1 N–H and O–H groups in total. The molecular weight excluding hydrogens is 396 g/mol. The van der Waals surface area contributed by atoms with Crippen molar-refractivity contribution in [1.82, 2.24) is 0 Å². The van der Waals surface area contributed by atoms with Crippen LogP contribution in [0.15, 0.2) is 76.5 Å². The highest BCUT2D eigenvalue weighted by Gasteiger charge is 2.26. The molecule has 4 rings (SSSR count). The maximum atomic E-state index is 13.0. The number of para-hydroxylation sites is 1. The lowest BCUT2D eigenvalue weighted by atomic mass is 10.1. The number of rotatable bonds is 5. The fraction of sp³-hybridized carbons (Fsp3) is 0.167. The number of carbonyl (C=O) groups is 2. The first-order chi connectivity index (χ1) is 14.6. The van der Waals surface area contributed by atoms with E-state index in [9.17, 15) is 9.59 Å². The third kappa shape index (κ3) is 3.78. The van der Waals surface area contributed by atoms with Crippen molar-refractivity contribution in [2.75, 3.05) is 23.4 Å². The van der Waals surface area contributed by atoms with Crippen molar-refractivity contribution in [2.45, 2.75) is 23.6 Å². The number of ether oxygens (including phenoxy) is 1. The molecule has 1 aliphatic rings. The summed E-state index contributed by atoms with van der Waals surface area (Å²) in [6, 6.07) is 20.4. The summed E-state index contributed by atoms with van der Waals surface area (Å²) in [6.45, 7) is 4.89. The maximum Gasteiger partial charge on any atom is 0.259 e. The largest absolute Gasteiger partial charge is 0.493 e. The second-order valence-electron chi connectivity index (χ2n) is 6.71. The van der Waals surface area contributed by atoms with Gasteiger partial charge in [-0.15, -0.1) is 0 Å². The Morgan fingerprint density at radius 3 is 2.57 bits per heavy atom. The van der Waals surface area contributed by atoms with E-state index < -0.39 is 0 Å². The zero-order valence-corrected chi connectivity index (χ0v) is 17.7. The lowest BCUT2D eigenvalue weighted by Gasteiger charge is -2.21. The Hall–Kier alpha value is -3.25. The van der Waals surface area contributed by atoms with Gasteiger partial charge in [0, 0.05) is 22.0 Å². The van der Waals surface area contributed by atoms with E-state index in [4.69, 9.17) is 4.74 Å². The molecule has 30 heavy (non-hydrogen) atoms. The molecule has 0 spiro atoms. The standard InChI is InChI=1S/C24H22N2O3S/c1-3-26-19-14-13-16(25-23(27)17-9-5-7-11-20(17)29-4-2)15-22(19)30-21-12-8-6-10-18(21)24(26)28/h5-15H,3-4H2,1-2H3,(H,25,27). The van der Waals surface area contributed by atoms with Crippen LogP contribution in [0.1, 0.15) is 34.6 Å². The number of fused-ring (bicyclic) bond motifs is 2. The molecule has 0 fully saturated rings. The summed E-state index contributed by atoms with van der Waals surface area (Å²) in [4.78, 5) is 29.5. The molecule has 0 aromatic heterocycles. The molecule has 5 nitrogen and oxygen atoms in total. The number of anilines is 2. The van der Waals surface area contributed by atoms with Gasteiger partial charge in [0.15, 0.2) is 0 Å². The van der Waals surface area contributed by atoms with Gasteiger partial charge in [-0.3, -0.25) is 9.59 Å². The van der Waals surface area contributed by atoms with E-state index in [1.807, 2.05) is 68.4 Å². The molecule has 0 saturated carbocycles. The molecule has 0 unspecified atom stereocenters. The summed E-state index contributed by atoms with van der Waals surface area (Å²) in [5, 5.41) is 2.96. The van der Waals surface area contributed by atoms with Crippen LogP contribution in [0.3, 0.4) is 0 Å². The number of nitrogens with zero attached hydrogens (tertiary/aromatic N) is 1. The molecule has 1 heterocycles. The molecule has 2 amide bonds. The topological polar surface area (TPSA) is 58.6 Å². The molecule has 3 aromatic carbocycles. The number of nitrogens with one attached hydrogen (secondary N) is 1. The summed E-state index contributed by atoms with van der Waals surface area (Å²) >= 11 is 1.54. The molecule has 0 radical (unpaired) electrons. The van der Waals surface area contributed by atoms with Gasteiger partial charge in [-0.1, -0.05) is 36.0 Å². The Morgan fingerprint density at radius 1 is 1.00 bits per heavy atom. The van der Waals surface area contributed by atoms with Crippen LogP contribution in [0.4, 0.5) is 11.4 Å². The predicted molar refractivity (Wildman–Crippen MR) is 120 cm³/mol. The van der Waals surface area contributed by atoms with Crippen LogP contribution in [0, 0.1) is 0 Å². The monoisotopic (exact) mass is 418 g/mol. The van der Waals surface area contributed by atoms with Crippen molar-refractivity contribution >= 4 is 35.0 Å². The second kappa shape index (κ2) is 8.63. The van der Waals surface area contributed by atoms with Crippen LogP contribution in [-0.4, -0.2) is 25.0 Å². The summed E-state index contributed by atoms with van der Waals surface area (Å²) in [7, 11) is 0. The molecule has 0 aliphatic carbocycles. The first-order valence-corrected chi connectivity index (χ1v) is 10.7. The zero-order chi connectivity index (χ0) is 21.1. The Bertz CT molecular complexity index is 1110. The molecule has 1 aliphatic heterocycles. The number of hydrogen-bond acceptors (Lipinski definition) is 4. The van der Waals surface area contributed by atoms with Crippen LogP contribution in [0.5, 0.6) is 5.75 Å². The van der Waals surface area contributed by atoms with Crippen LogP contribution in [0.25, 0.3) is 0 Å². The molecule has 0 bridgehead atoms. The van der Waals surface area contributed by atoms with Crippen molar-refractivity contribution in [3.8, 4) is 5.75 Å². The van der Waals surface area contributed by atoms with Gasteiger partial charge < -0.3 is 15.0 Å². The first kappa shape index (κ1) is 20.0. The Balaban J connectivity index is 1.67. The Labute approximate surface area is 180 Å². The van der Waals surface area contributed by atoms with E-state index in [0.29, 0.717) is 35.7 Å². The molecule has 0 atom stereocenters. The average Bonchev–Trinajstić information content (AvgIpc) is 2.87. The summed E-state index contributed by atoms with van der Waals surface area (Å²) in [5.74, 6) is 0.307. The molecule has 3 aromatic rings. The van der Waals surface area contributed by atoms with Crippen LogP contribution >= 0.6 is 11.8 Å². The van der Waals surface area contributed by atoms with Gasteiger partial charge in [0.2, 0.25) is 0 Å². The Kier molecular flexibility index (Phi) is 5.77. The normalized spacial score (nSPS) is 12.6. The van der Waals surface area contributed by atoms with Gasteiger partial charge in [-0.05, 0) is 56.3 Å². The lowest BCUT2D eigenvalue weighted by Crippen LogP contribution is -2.30. The van der Waals surface area contributed by atoms with E-state index in [0.717, 1.165) is 15.5 Å². The van der Waals surface area contributed by atoms with Crippen molar-refractivity contribution in [3.63, 3.8) is 0 Å². The Morgan fingerprint density at radius 2 is 1.77 bits per heavy atom. The molecule has 6 heteroatoms. The number of hydrogen-bond donors (Lipinski definition) is 1. The first-order valence-electron chi connectivity index (χ1n) is 9.88. The summed E-state index contributed by atoms with van der Waals surface area (Å²) in [6.07, 6.45) is 0. The highest BCUT2D eigenvalue weighted by atomic mass is 32.2. The minimum absolute atomic E-state index is 0.0122. The number of amides is 2. The van der Waals surface area contributed by atoms with Crippen molar-refractivity contribution in [3.05, 3.63) is 77.9 Å². The summed E-state index contributed by atoms with van der Waals surface area (Å²) in [5.41, 5.74) is 2.69. The van der Waals surface area contributed by atoms with Crippen LogP contribution in [0.2, 0.25) is 0 Å². The van der Waals surface area contributed by atoms with E-state index in [-0.39, 0.29) is 11.8 Å². The SMILES string of the molecule is CCOc1ccccc1C(=O)Nc1ccc2c(c1)Sc1ccccc1C(=O)N2CC. The van der Waals surface area contributed by atoms with E-state index in [2.05, 4.69) is 5.32 Å². The van der Waals surface area contributed by atoms with Crippen LogP contribution in [-0.2, 0) is 0 Å². The maximum absolute atomic E-state index is 13.0. The molecular formula is C24H22N2O3S. The fourth-order valence-electron chi connectivity index (χ4n) is 3.45. The van der Waals surface area contributed by atoms with Gasteiger partial charge in [0.25, 0.3) is 11.8 Å². The molecule has 152 valence electrons. The van der Waals surface area contributed by atoms with Gasteiger partial charge in [-0.25, -0.2) is 0 Å². The van der Waals surface area contributed by atoms with Gasteiger partial charge in [0.1, 0.15) is 5.75 Å². The quantitative estimate of drug-likeness (QED) is 0.597. The molecule has 0 saturated heterocycles. The van der Waals surface area contributed by atoms with Crippen molar-refractivity contribution in [1.29, 1.82) is 0 Å². The zero-order valence-electron chi connectivity index (χ0n) is 16.8. The van der Waals surface area contributed by atoms with E-state index in [1.54, 1.807) is 17.0 Å². The number of benzene rings is 3. The van der Waals surface area contributed by atoms with E-state index >= 15 is 0 Å². The highest BCUT2D eigenvalue weighted by molar-refractivity contribution is 7.99. The second-order valence-corrected chi connectivity index (χ2v) is 7.80. The predicted octanol–water partition coefficient (Wildman–Crippen LogP) is 5.47. The third-order valence-electron chi connectivity index (χ3n) is 4.84. The van der Waals surface area contributed by atoms with Gasteiger partial charge in [0.05, 0.1) is 23.4 Å². The fourth-order valence-corrected chi connectivity index (χ4v) is 4.57. The number of carbonyl (C=O) groups excluding carboxylic acids is 2. The van der Waals surface area contributed by atoms with Gasteiger partial charge >= 0.3 is 0 Å². The lowest BCUT2D eigenvalue weighted by molar-refractivity contribution is 0.0983. The summed E-state index contributed by atoms with van der Waals surface area (Å²) < 4.78 is 5.57. The van der Waals surface area contributed by atoms with Gasteiger partial charge in [-0.2, -0.15) is 0 Å².